The van der Waals surface area contributed by atoms with Gasteiger partial charge >= 0.3 is 0 Å². The second kappa shape index (κ2) is 6.86. The third kappa shape index (κ3) is 3.44. The average Bonchev–Trinajstić information content (AvgIpc) is 3.10. The highest BCUT2D eigenvalue weighted by molar-refractivity contribution is 7.92. The van der Waals surface area contributed by atoms with E-state index < -0.39 is 10.0 Å². The Morgan fingerprint density at radius 2 is 1.62 bits per heavy atom. The minimum Gasteiger partial charge on any atom is -0.246 e. The fraction of sp³-hybridized carbons (Fsp3) is 0.158. The summed E-state index contributed by atoms with van der Waals surface area (Å²) in [6.45, 7) is 0.804. The lowest BCUT2D eigenvalue weighted by Crippen LogP contribution is -2.50. The van der Waals surface area contributed by atoms with Crippen LogP contribution < -0.4 is 0 Å². The third-order valence-corrected chi connectivity index (χ3v) is 5.87. The van der Waals surface area contributed by atoms with Crippen LogP contribution in [0.2, 0.25) is 0 Å². The molecule has 0 unspecified atom stereocenters. The third-order valence-electron chi connectivity index (χ3n) is 4.37. The highest BCUT2D eigenvalue weighted by Crippen LogP contribution is 2.26. The molecule has 132 valence electrons. The summed E-state index contributed by atoms with van der Waals surface area (Å²) in [5.41, 5.74) is 2.64. The van der Waals surface area contributed by atoms with Crippen molar-refractivity contribution in [2.24, 2.45) is 0 Å². The molecule has 0 atom stereocenters. The topological polar surface area (TPSA) is 68.1 Å². The van der Waals surface area contributed by atoms with Crippen molar-refractivity contribution in [3.8, 4) is 11.3 Å². The van der Waals surface area contributed by atoms with E-state index in [0.29, 0.717) is 13.1 Å². The van der Waals surface area contributed by atoms with E-state index in [4.69, 9.17) is 0 Å². The summed E-state index contributed by atoms with van der Waals surface area (Å²) in [6, 6.07) is 19.2. The fourth-order valence-corrected chi connectivity index (χ4v) is 4.06. The first-order valence-corrected chi connectivity index (χ1v) is 9.83. The summed E-state index contributed by atoms with van der Waals surface area (Å²) in [6.07, 6.45) is 3.48. The highest BCUT2D eigenvalue weighted by Gasteiger charge is 2.36. The lowest BCUT2D eigenvalue weighted by molar-refractivity contribution is 0.191. The minimum atomic E-state index is -3.42. The number of nitrogens with zero attached hydrogens (tertiary/aromatic N) is 4. The molecule has 0 radical (unpaired) electrons. The first-order valence-electron chi connectivity index (χ1n) is 8.32. The number of hydrogen-bond acceptors (Lipinski definition) is 4. The molecule has 0 amide bonds. The Bertz CT molecular complexity index is 1010. The fourth-order valence-electron chi connectivity index (χ4n) is 2.80. The predicted octanol–water partition coefficient (Wildman–Crippen LogP) is 2.80. The highest BCUT2D eigenvalue weighted by atomic mass is 32.2. The molecule has 2 heterocycles. The van der Waals surface area contributed by atoms with Gasteiger partial charge in [-0.1, -0.05) is 65.9 Å². The van der Waals surface area contributed by atoms with Gasteiger partial charge in [0.1, 0.15) is 5.69 Å². The maximum Gasteiger partial charge on any atom is 0.236 e. The normalized spacial score (nSPS) is 16.0. The smallest absolute Gasteiger partial charge is 0.236 e. The van der Waals surface area contributed by atoms with E-state index >= 15 is 0 Å². The minimum absolute atomic E-state index is 0.0138. The molecule has 0 N–H and O–H groups in total. The molecule has 26 heavy (non-hydrogen) atoms. The Kier molecular flexibility index (Phi) is 4.40. The Morgan fingerprint density at radius 1 is 0.962 bits per heavy atom. The van der Waals surface area contributed by atoms with E-state index in [1.165, 1.54) is 9.71 Å². The molecular weight excluding hydrogens is 348 g/mol. The summed E-state index contributed by atoms with van der Waals surface area (Å²) in [7, 11) is -3.42. The zero-order chi connectivity index (χ0) is 18.0. The van der Waals surface area contributed by atoms with Crippen molar-refractivity contribution in [2.45, 2.75) is 6.04 Å². The van der Waals surface area contributed by atoms with Crippen LogP contribution in [0.15, 0.2) is 72.3 Å². The standard InChI is InChI=1S/C19H18N4O2S/c24-26(25,12-11-16-7-3-1-4-8-16)22-13-18(14-22)23-15-19(20-21-23)17-9-5-2-6-10-17/h1-12,15,18H,13-14H2/b12-11+. The summed E-state index contributed by atoms with van der Waals surface area (Å²) >= 11 is 0. The van der Waals surface area contributed by atoms with Crippen molar-refractivity contribution in [2.75, 3.05) is 13.1 Å². The van der Waals surface area contributed by atoms with Crippen molar-refractivity contribution < 1.29 is 8.42 Å². The van der Waals surface area contributed by atoms with E-state index in [-0.39, 0.29) is 6.04 Å². The molecule has 1 aromatic heterocycles. The second-order valence-corrected chi connectivity index (χ2v) is 8.00. The zero-order valence-electron chi connectivity index (χ0n) is 14.0. The first kappa shape index (κ1) is 16.7. The van der Waals surface area contributed by atoms with Gasteiger partial charge in [-0.15, -0.1) is 5.10 Å². The van der Waals surface area contributed by atoms with Crippen LogP contribution in [-0.4, -0.2) is 40.8 Å². The van der Waals surface area contributed by atoms with E-state index in [2.05, 4.69) is 10.3 Å². The Balaban J connectivity index is 1.41. The summed E-state index contributed by atoms with van der Waals surface area (Å²) in [4.78, 5) is 0. The van der Waals surface area contributed by atoms with Crippen LogP contribution in [0, 0.1) is 0 Å². The molecule has 7 heteroatoms. The van der Waals surface area contributed by atoms with Gasteiger partial charge in [0, 0.05) is 24.1 Å². The molecule has 1 saturated heterocycles. The number of benzene rings is 2. The van der Waals surface area contributed by atoms with Crippen LogP contribution in [0.5, 0.6) is 0 Å². The molecule has 1 aliphatic heterocycles. The van der Waals surface area contributed by atoms with Crippen LogP contribution in [0.4, 0.5) is 0 Å². The van der Waals surface area contributed by atoms with E-state index in [0.717, 1.165) is 16.8 Å². The summed E-state index contributed by atoms with van der Waals surface area (Å²) in [5.74, 6) is 0. The molecule has 4 rings (SSSR count). The number of sulfonamides is 1. The maximum absolute atomic E-state index is 12.4. The molecule has 2 aromatic carbocycles. The van der Waals surface area contributed by atoms with Gasteiger partial charge in [0.15, 0.2) is 0 Å². The predicted molar refractivity (Wildman–Crippen MR) is 100 cm³/mol. The molecule has 1 fully saturated rings. The number of hydrogen-bond donors (Lipinski definition) is 0. The van der Waals surface area contributed by atoms with Crippen molar-refractivity contribution in [1.29, 1.82) is 0 Å². The molecular formula is C19H18N4O2S. The second-order valence-electron chi connectivity index (χ2n) is 6.18. The van der Waals surface area contributed by atoms with Crippen molar-refractivity contribution >= 4 is 16.1 Å². The first-order chi connectivity index (χ1) is 12.6. The van der Waals surface area contributed by atoms with Gasteiger partial charge in [-0.25, -0.2) is 13.1 Å². The van der Waals surface area contributed by atoms with E-state index in [1.807, 2.05) is 66.9 Å². The van der Waals surface area contributed by atoms with Crippen LogP contribution in [0.1, 0.15) is 11.6 Å². The van der Waals surface area contributed by atoms with Crippen molar-refractivity contribution in [3.05, 3.63) is 77.8 Å². The number of rotatable bonds is 5. The molecule has 0 aliphatic carbocycles. The maximum atomic E-state index is 12.4. The Morgan fingerprint density at radius 3 is 2.31 bits per heavy atom. The van der Waals surface area contributed by atoms with Crippen LogP contribution >= 0.6 is 0 Å². The van der Waals surface area contributed by atoms with Gasteiger partial charge in [0.25, 0.3) is 0 Å². The summed E-state index contributed by atoms with van der Waals surface area (Å²) in [5, 5.41) is 9.59. The van der Waals surface area contributed by atoms with Crippen LogP contribution in [0.25, 0.3) is 17.3 Å². The van der Waals surface area contributed by atoms with Crippen molar-refractivity contribution in [3.63, 3.8) is 0 Å². The lowest BCUT2D eigenvalue weighted by atomic mass is 10.1. The zero-order valence-corrected chi connectivity index (χ0v) is 14.8. The SMILES string of the molecule is O=S(=O)(/C=C/c1ccccc1)N1CC(n2cc(-c3ccccc3)nn2)C1. The van der Waals surface area contributed by atoms with Crippen molar-refractivity contribution in [1.82, 2.24) is 19.3 Å². The molecule has 0 saturated carbocycles. The average molecular weight is 366 g/mol. The molecule has 0 spiro atoms. The van der Waals surface area contributed by atoms with E-state index in [9.17, 15) is 8.42 Å². The Hall–Kier alpha value is -2.77. The monoisotopic (exact) mass is 366 g/mol. The van der Waals surface area contributed by atoms with Crippen LogP contribution in [-0.2, 0) is 10.0 Å². The van der Waals surface area contributed by atoms with Gasteiger partial charge in [-0.3, -0.25) is 0 Å². The quantitative estimate of drug-likeness (QED) is 0.696. The van der Waals surface area contributed by atoms with Gasteiger partial charge < -0.3 is 0 Å². The van der Waals surface area contributed by atoms with Gasteiger partial charge in [-0.05, 0) is 11.6 Å². The Labute approximate surface area is 152 Å². The molecule has 6 nitrogen and oxygen atoms in total. The van der Waals surface area contributed by atoms with Gasteiger partial charge in [0.05, 0.1) is 12.2 Å². The van der Waals surface area contributed by atoms with E-state index in [1.54, 1.807) is 10.8 Å². The molecule has 0 bridgehead atoms. The number of aromatic nitrogens is 3. The van der Waals surface area contributed by atoms with Crippen LogP contribution in [0.3, 0.4) is 0 Å². The lowest BCUT2D eigenvalue weighted by Gasteiger charge is -2.36. The van der Waals surface area contributed by atoms with Gasteiger partial charge in [-0.2, -0.15) is 4.31 Å². The molecule has 3 aromatic rings. The van der Waals surface area contributed by atoms with Gasteiger partial charge in [0.2, 0.25) is 10.0 Å². The molecule has 1 aliphatic rings. The summed E-state index contributed by atoms with van der Waals surface area (Å²) < 4.78 is 28.0. The largest absolute Gasteiger partial charge is 0.246 e.